The van der Waals surface area contributed by atoms with E-state index in [0.29, 0.717) is 0 Å². The van der Waals surface area contributed by atoms with E-state index in [1.807, 2.05) is 6.07 Å². The van der Waals surface area contributed by atoms with Gasteiger partial charge >= 0.3 is 0 Å². The first-order valence-electron chi connectivity index (χ1n) is 7.16. The van der Waals surface area contributed by atoms with Gasteiger partial charge < -0.3 is 5.32 Å². The lowest BCUT2D eigenvalue weighted by Gasteiger charge is -2.21. The quantitative estimate of drug-likeness (QED) is 0.636. The van der Waals surface area contributed by atoms with Gasteiger partial charge in [0.15, 0.2) is 0 Å². The van der Waals surface area contributed by atoms with Gasteiger partial charge in [-0.2, -0.15) is 0 Å². The Labute approximate surface area is 114 Å². The Morgan fingerprint density at radius 1 is 1.32 bits per heavy atom. The smallest absolute Gasteiger partial charge is 0.274 e. The largest absolute Gasteiger partial charge is 0.385 e. The fraction of sp³-hybridized carbons (Fsp3) is 0.600. The Bertz CT molecular complexity index is 440. The highest BCUT2D eigenvalue weighted by atomic mass is 16.6. The van der Waals surface area contributed by atoms with Crippen LogP contribution in [0, 0.1) is 23.0 Å². The first-order valence-corrected chi connectivity index (χ1v) is 7.16. The Kier molecular flexibility index (Phi) is 4.77. The van der Waals surface area contributed by atoms with Crippen LogP contribution in [0.25, 0.3) is 0 Å². The maximum absolute atomic E-state index is 10.9. The van der Waals surface area contributed by atoms with E-state index < -0.39 is 0 Å². The number of benzene rings is 1. The number of nitro groups is 1. The van der Waals surface area contributed by atoms with Gasteiger partial charge in [0.05, 0.1) is 4.92 Å². The Hall–Kier alpha value is -1.58. The molecule has 4 heteroatoms. The maximum Gasteiger partial charge on any atom is 0.274 e. The average Bonchev–Trinajstić information content (AvgIpc) is 2.41. The number of nitrogens with zero attached hydrogens (tertiary/aromatic N) is 1. The molecule has 0 heterocycles. The van der Waals surface area contributed by atoms with Crippen molar-refractivity contribution >= 4 is 11.4 Å². The van der Waals surface area contributed by atoms with Crippen LogP contribution < -0.4 is 5.32 Å². The molecular formula is C15H22N2O2. The van der Waals surface area contributed by atoms with E-state index in [4.69, 9.17) is 0 Å². The minimum Gasteiger partial charge on any atom is -0.385 e. The van der Waals surface area contributed by atoms with Crippen LogP contribution in [-0.2, 0) is 0 Å². The third-order valence-electron chi connectivity index (χ3n) is 4.09. The lowest BCUT2D eigenvalue weighted by atomic mass is 9.87. The zero-order valence-electron chi connectivity index (χ0n) is 11.5. The third kappa shape index (κ3) is 3.69. The van der Waals surface area contributed by atoms with Crippen molar-refractivity contribution in [3.8, 4) is 0 Å². The molecule has 0 saturated heterocycles. The number of nitro benzene ring substituents is 1. The highest BCUT2D eigenvalue weighted by molar-refractivity contribution is 5.59. The zero-order valence-corrected chi connectivity index (χ0v) is 11.5. The maximum atomic E-state index is 10.9. The molecule has 2 rings (SSSR count). The first kappa shape index (κ1) is 13.8. The van der Waals surface area contributed by atoms with Crippen molar-refractivity contribution in [1.82, 2.24) is 0 Å². The fourth-order valence-electron chi connectivity index (χ4n) is 2.90. The van der Waals surface area contributed by atoms with Crippen molar-refractivity contribution in [1.29, 1.82) is 0 Å². The Balaban J connectivity index is 1.88. The molecule has 1 aromatic rings. The predicted molar refractivity (Wildman–Crippen MR) is 77.5 cm³/mol. The third-order valence-corrected chi connectivity index (χ3v) is 4.09. The van der Waals surface area contributed by atoms with Gasteiger partial charge in [0.2, 0.25) is 0 Å². The average molecular weight is 262 g/mol. The molecule has 104 valence electrons. The van der Waals surface area contributed by atoms with Crippen molar-refractivity contribution in [2.24, 2.45) is 5.92 Å². The molecule has 1 aromatic carbocycles. The van der Waals surface area contributed by atoms with E-state index in [2.05, 4.69) is 5.32 Å². The van der Waals surface area contributed by atoms with Gasteiger partial charge in [0, 0.05) is 23.9 Å². The Morgan fingerprint density at radius 2 is 2.05 bits per heavy atom. The number of nitrogens with one attached hydrogen (secondary N) is 1. The Morgan fingerprint density at radius 3 is 2.74 bits per heavy atom. The van der Waals surface area contributed by atoms with Crippen LogP contribution in [0.3, 0.4) is 0 Å². The van der Waals surface area contributed by atoms with Crippen LogP contribution in [0.5, 0.6) is 0 Å². The van der Waals surface area contributed by atoms with Crippen LogP contribution in [0.4, 0.5) is 11.4 Å². The molecular weight excluding hydrogens is 240 g/mol. The summed E-state index contributed by atoms with van der Waals surface area (Å²) in [6, 6.07) is 5.22. The summed E-state index contributed by atoms with van der Waals surface area (Å²) in [5, 5.41) is 14.2. The van der Waals surface area contributed by atoms with Crippen molar-refractivity contribution in [3.63, 3.8) is 0 Å². The molecule has 1 N–H and O–H groups in total. The standard InChI is InChI=1S/C15H22N2O2/c1-12-14(8-5-9-15(12)17(18)19)16-11-10-13-6-3-2-4-7-13/h5,8-9,13,16H,2-4,6-7,10-11H2,1H3. The van der Waals surface area contributed by atoms with Gasteiger partial charge in [-0.15, -0.1) is 0 Å². The molecule has 0 bridgehead atoms. The van der Waals surface area contributed by atoms with Gasteiger partial charge in [0.25, 0.3) is 5.69 Å². The molecule has 4 nitrogen and oxygen atoms in total. The van der Waals surface area contributed by atoms with E-state index in [9.17, 15) is 10.1 Å². The highest BCUT2D eigenvalue weighted by Gasteiger charge is 2.15. The summed E-state index contributed by atoms with van der Waals surface area (Å²) in [7, 11) is 0. The van der Waals surface area contributed by atoms with Crippen LogP contribution in [-0.4, -0.2) is 11.5 Å². The summed E-state index contributed by atoms with van der Waals surface area (Å²) in [4.78, 5) is 10.6. The van der Waals surface area contributed by atoms with E-state index in [0.717, 1.165) is 23.7 Å². The molecule has 1 aliphatic carbocycles. The molecule has 0 aromatic heterocycles. The molecule has 1 saturated carbocycles. The summed E-state index contributed by atoms with van der Waals surface area (Å²) in [5.74, 6) is 0.834. The van der Waals surface area contributed by atoms with Gasteiger partial charge in [0.1, 0.15) is 0 Å². The van der Waals surface area contributed by atoms with Crippen molar-refractivity contribution in [3.05, 3.63) is 33.9 Å². The molecule has 0 radical (unpaired) electrons. The second-order valence-electron chi connectivity index (χ2n) is 5.43. The fourth-order valence-corrected chi connectivity index (χ4v) is 2.90. The van der Waals surface area contributed by atoms with E-state index in [-0.39, 0.29) is 10.6 Å². The van der Waals surface area contributed by atoms with Gasteiger partial charge in [-0.3, -0.25) is 10.1 Å². The second-order valence-corrected chi connectivity index (χ2v) is 5.43. The summed E-state index contributed by atoms with van der Waals surface area (Å²) < 4.78 is 0. The summed E-state index contributed by atoms with van der Waals surface area (Å²) >= 11 is 0. The number of anilines is 1. The van der Waals surface area contributed by atoms with Crippen LogP contribution in [0.15, 0.2) is 18.2 Å². The number of rotatable bonds is 5. The lowest BCUT2D eigenvalue weighted by Crippen LogP contribution is -2.12. The van der Waals surface area contributed by atoms with E-state index >= 15 is 0 Å². The first-order chi connectivity index (χ1) is 9.18. The van der Waals surface area contributed by atoms with Gasteiger partial charge in [-0.1, -0.05) is 38.2 Å². The monoisotopic (exact) mass is 262 g/mol. The summed E-state index contributed by atoms with van der Waals surface area (Å²) in [5.41, 5.74) is 1.82. The molecule has 0 unspecified atom stereocenters. The molecule has 0 amide bonds. The minimum absolute atomic E-state index is 0.197. The van der Waals surface area contributed by atoms with Gasteiger partial charge in [-0.25, -0.2) is 0 Å². The van der Waals surface area contributed by atoms with Crippen molar-refractivity contribution in [2.75, 3.05) is 11.9 Å². The molecule has 1 aliphatic rings. The normalized spacial score (nSPS) is 16.3. The summed E-state index contributed by atoms with van der Waals surface area (Å²) in [6.45, 7) is 2.72. The molecule has 0 spiro atoms. The molecule has 19 heavy (non-hydrogen) atoms. The molecule has 0 atom stereocenters. The number of hydrogen-bond acceptors (Lipinski definition) is 3. The SMILES string of the molecule is Cc1c(NCCC2CCCCC2)cccc1[N+](=O)[O-]. The molecule has 0 aliphatic heterocycles. The van der Waals surface area contributed by atoms with E-state index in [1.165, 1.54) is 38.5 Å². The topological polar surface area (TPSA) is 55.2 Å². The lowest BCUT2D eigenvalue weighted by molar-refractivity contribution is -0.385. The summed E-state index contributed by atoms with van der Waals surface area (Å²) in [6.07, 6.45) is 7.96. The van der Waals surface area contributed by atoms with Crippen LogP contribution in [0.2, 0.25) is 0 Å². The number of hydrogen-bond donors (Lipinski definition) is 1. The van der Waals surface area contributed by atoms with Gasteiger partial charge in [-0.05, 0) is 25.3 Å². The molecule has 1 fully saturated rings. The second kappa shape index (κ2) is 6.55. The van der Waals surface area contributed by atoms with Crippen LogP contribution in [0.1, 0.15) is 44.1 Å². The van der Waals surface area contributed by atoms with Crippen molar-refractivity contribution in [2.45, 2.75) is 45.4 Å². The van der Waals surface area contributed by atoms with E-state index in [1.54, 1.807) is 19.1 Å². The highest BCUT2D eigenvalue weighted by Crippen LogP contribution is 2.28. The minimum atomic E-state index is -0.318. The predicted octanol–water partition coefficient (Wildman–Crippen LogP) is 4.29. The van der Waals surface area contributed by atoms with Crippen molar-refractivity contribution < 1.29 is 4.92 Å². The van der Waals surface area contributed by atoms with Crippen LogP contribution >= 0.6 is 0 Å². The zero-order chi connectivity index (χ0) is 13.7.